The van der Waals surface area contributed by atoms with Crippen LogP contribution in [0.3, 0.4) is 0 Å². The fourth-order valence-corrected chi connectivity index (χ4v) is 2.15. The molecule has 0 radical (unpaired) electrons. The summed E-state index contributed by atoms with van der Waals surface area (Å²) in [5.41, 5.74) is 0.414. The van der Waals surface area contributed by atoms with Crippen LogP contribution in [0.25, 0.3) is 0 Å². The van der Waals surface area contributed by atoms with Crippen LogP contribution >= 0.6 is 0 Å². The fraction of sp³-hybridized carbons (Fsp3) is 0.467. The Hall–Kier alpha value is -1.88. The Labute approximate surface area is 119 Å². The van der Waals surface area contributed by atoms with Gasteiger partial charge in [0.1, 0.15) is 5.75 Å². The molecule has 0 saturated carbocycles. The van der Waals surface area contributed by atoms with Crippen molar-refractivity contribution in [2.45, 2.75) is 6.92 Å². The first-order valence-electron chi connectivity index (χ1n) is 6.87. The lowest BCUT2D eigenvalue weighted by Crippen LogP contribution is -2.49. The zero-order chi connectivity index (χ0) is 14.5. The van der Waals surface area contributed by atoms with Gasteiger partial charge in [0, 0.05) is 31.7 Å². The van der Waals surface area contributed by atoms with Crippen LogP contribution in [0.5, 0.6) is 5.75 Å². The van der Waals surface area contributed by atoms with Gasteiger partial charge >= 0.3 is 0 Å². The van der Waals surface area contributed by atoms with Gasteiger partial charge < -0.3 is 14.5 Å². The van der Waals surface area contributed by atoms with Gasteiger partial charge in [-0.25, -0.2) is 0 Å². The maximum absolute atomic E-state index is 12.1. The van der Waals surface area contributed by atoms with Crippen molar-refractivity contribution >= 4 is 11.7 Å². The molecule has 0 aliphatic carbocycles. The van der Waals surface area contributed by atoms with E-state index in [1.165, 1.54) is 0 Å². The van der Waals surface area contributed by atoms with E-state index in [4.69, 9.17) is 4.74 Å². The van der Waals surface area contributed by atoms with Gasteiger partial charge in [-0.05, 0) is 38.2 Å². The van der Waals surface area contributed by atoms with Crippen molar-refractivity contribution in [2.24, 2.45) is 0 Å². The predicted octanol–water partition coefficient (Wildman–Crippen LogP) is 1.04. The Morgan fingerprint density at radius 1 is 1.10 bits per heavy atom. The van der Waals surface area contributed by atoms with Crippen molar-refractivity contribution in [1.29, 1.82) is 0 Å². The SMILES string of the molecule is CCOc1ccc(C(=O)C(=O)N2CCN(C)CC2)cc1. The summed E-state index contributed by atoms with van der Waals surface area (Å²) in [5.74, 6) is -0.157. The second-order valence-corrected chi connectivity index (χ2v) is 4.88. The summed E-state index contributed by atoms with van der Waals surface area (Å²) in [6.45, 7) is 5.31. The highest BCUT2D eigenvalue weighted by atomic mass is 16.5. The number of rotatable bonds is 4. The summed E-state index contributed by atoms with van der Waals surface area (Å²) in [5, 5.41) is 0. The third-order valence-electron chi connectivity index (χ3n) is 3.41. The van der Waals surface area contributed by atoms with E-state index in [0.717, 1.165) is 13.1 Å². The smallest absolute Gasteiger partial charge is 0.295 e. The number of nitrogens with zero attached hydrogens (tertiary/aromatic N) is 2. The normalized spacial score (nSPS) is 16.0. The standard InChI is InChI=1S/C15H20N2O3/c1-3-20-13-6-4-12(5-7-13)14(18)15(19)17-10-8-16(2)9-11-17/h4-7H,3,8-11H2,1-2H3. The molecule has 1 aromatic carbocycles. The molecule has 1 saturated heterocycles. The molecular weight excluding hydrogens is 256 g/mol. The van der Waals surface area contributed by atoms with Gasteiger partial charge in [0.2, 0.25) is 5.78 Å². The second-order valence-electron chi connectivity index (χ2n) is 4.88. The van der Waals surface area contributed by atoms with E-state index in [9.17, 15) is 9.59 Å². The highest BCUT2D eigenvalue weighted by molar-refractivity contribution is 6.42. The molecule has 2 rings (SSSR count). The van der Waals surface area contributed by atoms with Crippen molar-refractivity contribution in [3.63, 3.8) is 0 Å². The molecule has 1 fully saturated rings. The lowest BCUT2D eigenvalue weighted by molar-refractivity contribution is -0.127. The van der Waals surface area contributed by atoms with E-state index >= 15 is 0 Å². The maximum Gasteiger partial charge on any atom is 0.295 e. The number of Topliss-reactive ketones (excluding diaryl/α,β-unsaturated/α-hetero) is 1. The number of piperazine rings is 1. The van der Waals surface area contributed by atoms with Gasteiger partial charge in [0.25, 0.3) is 5.91 Å². The molecule has 5 heteroatoms. The van der Waals surface area contributed by atoms with Crippen LogP contribution in [-0.2, 0) is 4.79 Å². The monoisotopic (exact) mass is 276 g/mol. The number of hydrogen-bond donors (Lipinski definition) is 0. The number of hydrogen-bond acceptors (Lipinski definition) is 4. The van der Waals surface area contributed by atoms with Gasteiger partial charge in [-0.3, -0.25) is 9.59 Å². The molecule has 0 N–H and O–H groups in total. The summed E-state index contributed by atoms with van der Waals surface area (Å²) in [7, 11) is 2.01. The molecule has 5 nitrogen and oxygen atoms in total. The molecule has 0 bridgehead atoms. The van der Waals surface area contributed by atoms with E-state index in [1.807, 2.05) is 14.0 Å². The molecule has 0 unspecified atom stereocenters. The van der Waals surface area contributed by atoms with Crippen LogP contribution in [0.15, 0.2) is 24.3 Å². The van der Waals surface area contributed by atoms with Crippen molar-refractivity contribution < 1.29 is 14.3 Å². The van der Waals surface area contributed by atoms with E-state index in [1.54, 1.807) is 29.2 Å². The first-order valence-corrected chi connectivity index (χ1v) is 6.87. The van der Waals surface area contributed by atoms with E-state index in [0.29, 0.717) is 31.0 Å². The molecule has 0 atom stereocenters. The van der Waals surface area contributed by atoms with Crippen molar-refractivity contribution in [3.8, 4) is 5.75 Å². The average Bonchev–Trinajstić information content (AvgIpc) is 2.48. The minimum absolute atomic E-state index is 0.414. The molecule has 1 heterocycles. The van der Waals surface area contributed by atoms with Gasteiger partial charge in [-0.2, -0.15) is 0 Å². The van der Waals surface area contributed by atoms with E-state index < -0.39 is 11.7 Å². The third-order valence-corrected chi connectivity index (χ3v) is 3.41. The van der Waals surface area contributed by atoms with Crippen LogP contribution in [0, 0.1) is 0 Å². The highest BCUT2D eigenvalue weighted by Crippen LogP contribution is 2.13. The molecular formula is C15H20N2O3. The predicted molar refractivity (Wildman–Crippen MR) is 76.0 cm³/mol. The number of carbonyl (C=O) groups is 2. The van der Waals surface area contributed by atoms with Crippen LogP contribution in [-0.4, -0.2) is 61.3 Å². The number of benzene rings is 1. The zero-order valence-corrected chi connectivity index (χ0v) is 12.0. The molecule has 1 aliphatic rings. The fourth-order valence-electron chi connectivity index (χ4n) is 2.15. The van der Waals surface area contributed by atoms with Gasteiger partial charge in [0.15, 0.2) is 0 Å². The van der Waals surface area contributed by atoms with E-state index in [2.05, 4.69) is 4.90 Å². The van der Waals surface area contributed by atoms with Gasteiger partial charge in [-0.15, -0.1) is 0 Å². The number of ether oxygens (including phenoxy) is 1. The number of ketones is 1. The van der Waals surface area contributed by atoms with Crippen LogP contribution in [0.4, 0.5) is 0 Å². The summed E-state index contributed by atoms with van der Waals surface area (Å²) >= 11 is 0. The molecule has 108 valence electrons. The Balaban J connectivity index is 2.01. The Morgan fingerprint density at radius 2 is 1.70 bits per heavy atom. The first-order chi connectivity index (χ1) is 9.61. The Morgan fingerprint density at radius 3 is 2.25 bits per heavy atom. The van der Waals surface area contributed by atoms with E-state index in [-0.39, 0.29) is 0 Å². The maximum atomic E-state index is 12.1. The van der Waals surface area contributed by atoms with Crippen molar-refractivity contribution in [1.82, 2.24) is 9.80 Å². The Kier molecular flexibility index (Phi) is 4.74. The van der Waals surface area contributed by atoms with Gasteiger partial charge in [0.05, 0.1) is 6.61 Å². The second kappa shape index (κ2) is 6.52. The van der Waals surface area contributed by atoms with Crippen LogP contribution < -0.4 is 4.74 Å². The molecule has 1 aliphatic heterocycles. The average molecular weight is 276 g/mol. The minimum Gasteiger partial charge on any atom is -0.494 e. The summed E-state index contributed by atoms with van der Waals surface area (Å²) in [6.07, 6.45) is 0. The van der Waals surface area contributed by atoms with Crippen molar-refractivity contribution in [2.75, 3.05) is 39.8 Å². The number of likely N-dealkylation sites (N-methyl/N-ethyl adjacent to an activating group) is 1. The third kappa shape index (κ3) is 3.36. The lowest BCUT2D eigenvalue weighted by Gasteiger charge is -2.31. The van der Waals surface area contributed by atoms with Gasteiger partial charge in [-0.1, -0.05) is 0 Å². The molecule has 0 aromatic heterocycles. The number of amides is 1. The molecule has 0 spiro atoms. The lowest BCUT2D eigenvalue weighted by atomic mass is 10.1. The van der Waals surface area contributed by atoms with Crippen LogP contribution in [0.1, 0.15) is 17.3 Å². The quantitative estimate of drug-likeness (QED) is 0.609. The largest absolute Gasteiger partial charge is 0.494 e. The first kappa shape index (κ1) is 14.5. The molecule has 1 aromatic rings. The summed E-state index contributed by atoms with van der Waals surface area (Å²) in [4.78, 5) is 28.1. The van der Waals surface area contributed by atoms with Crippen LogP contribution in [0.2, 0.25) is 0 Å². The summed E-state index contributed by atoms with van der Waals surface area (Å²) < 4.78 is 5.32. The zero-order valence-electron chi connectivity index (χ0n) is 12.0. The summed E-state index contributed by atoms with van der Waals surface area (Å²) in [6, 6.07) is 6.71. The Bertz CT molecular complexity index is 476. The molecule has 20 heavy (non-hydrogen) atoms. The minimum atomic E-state index is -0.447. The number of carbonyl (C=O) groups excluding carboxylic acids is 2. The van der Waals surface area contributed by atoms with Crippen molar-refractivity contribution in [3.05, 3.63) is 29.8 Å². The topological polar surface area (TPSA) is 49.9 Å². The molecule has 1 amide bonds. The highest BCUT2D eigenvalue weighted by Gasteiger charge is 2.25.